The number of carbonyl (C=O) groups excluding carboxylic acids is 8. The monoisotopic (exact) mass is 841 g/mol. The number of rotatable bonds is 17. The molecule has 10 atom stereocenters. The standard InChI is InChI=1S/C41H46O19/c1-21(42)51-19-32-35(60-41-39(56-26(6)47)38(55-25(5)46)37(54-24(4)45)33(59-41)20-52-22(2)43)30(18-34(49)50)36(53-23(3)44)40(58-32)57-29-15-13-28(14-16-29)31(48)17-12-27-10-8-7-9-11-27/h7-17,30,32-33,35-41H,18-20H2,1-6H3,(H,49,50)/p-1. The van der Waals surface area contributed by atoms with Crippen LogP contribution in [0.15, 0.2) is 60.7 Å². The second-order valence-corrected chi connectivity index (χ2v) is 13.6. The van der Waals surface area contributed by atoms with Gasteiger partial charge in [-0.25, -0.2) is 0 Å². The van der Waals surface area contributed by atoms with Gasteiger partial charge in [0.25, 0.3) is 0 Å². The van der Waals surface area contributed by atoms with Crippen molar-refractivity contribution in [1.82, 2.24) is 0 Å². The van der Waals surface area contributed by atoms with E-state index in [9.17, 15) is 43.5 Å². The highest BCUT2D eigenvalue weighted by molar-refractivity contribution is 6.06. The van der Waals surface area contributed by atoms with Crippen LogP contribution in [0.1, 0.15) is 63.9 Å². The maximum Gasteiger partial charge on any atom is 0.303 e. The van der Waals surface area contributed by atoms with Gasteiger partial charge in [0.15, 0.2) is 36.5 Å². The van der Waals surface area contributed by atoms with Gasteiger partial charge in [0.05, 0.1) is 6.10 Å². The number of esters is 6. The highest BCUT2D eigenvalue weighted by atomic mass is 16.8. The molecule has 0 spiro atoms. The number of ketones is 1. The Balaban J connectivity index is 1.75. The molecule has 0 aromatic heterocycles. The summed E-state index contributed by atoms with van der Waals surface area (Å²) in [6, 6.07) is 14.9. The Morgan fingerprint density at radius 3 is 1.62 bits per heavy atom. The molecule has 0 amide bonds. The Morgan fingerprint density at radius 2 is 1.08 bits per heavy atom. The lowest BCUT2D eigenvalue weighted by atomic mass is 9.85. The minimum atomic E-state index is -1.86. The summed E-state index contributed by atoms with van der Waals surface area (Å²) in [5.74, 6) is -8.63. The number of ether oxygens (including phenoxy) is 10. The molecule has 0 radical (unpaired) electrons. The first-order valence-electron chi connectivity index (χ1n) is 18.6. The highest BCUT2D eigenvalue weighted by Gasteiger charge is 2.57. The third-order valence-electron chi connectivity index (χ3n) is 8.80. The topological polar surface area (TPSA) is 252 Å². The lowest BCUT2D eigenvalue weighted by molar-refractivity contribution is -0.352. The van der Waals surface area contributed by atoms with Crippen LogP contribution in [0.5, 0.6) is 5.75 Å². The first-order valence-corrected chi connectivity index (χ1v) is 18.6. The second kappa shape index (κ2) is 21.7. The maximum atomic E-state index is 12.9. The smallest absolute Gasteiger partial charge is 0.303 e. The Labute approximate surface area is 344 Å². The second-order valence-electron chi connectivity index (χ2n) is 13.6. The fraction of sp³-hybridized carbons (Fsp3) is 0.463. The molecule has 10 unspecified atom stereocenters. The lowest BCUT2D eigenvalue weighted by Gasteiger charge is -2.49. The van der Waals surface area contributed by atoms with Gasteiger partial charge in [-0.15, -0.1) is 0 Å². The number of hydrogen-bond donors (Lipinski definition) is 0. The minimum absolute atomic E-state index is 0.0816. The number of allylic oxidation sites excluding steroid dienone is 1. The van der Waals surface area contributed by atoms with Crippen molar-refractivity contribution in [2.75, 3.05) is 13.2 Å². The Morgan fingerprint density at radius 1 is 0.583 bits per heavy atom. The van der Waals surface area contributed by atoms with Crippen molar-refractivity contribution >= 4 is 53.6 Å². The van der Waals surface area contributed by atoms with Crippen molar-refractivity contribution < 1.29 is 90.8 Å². The molecule has 0 bridgehead atoms. The zero-order valence-corrected chi connectivity index (χ0v) is 33.5. The van der Waals surface area contributed by atoms with Crippen LogP contribution in [-0.2, 0) is 76.2 Å². The van der Waals surface area contributed by atoms with E-state index in [-0.39, 0.29) is 17.1 Å². The molecule has 2 aromatic rings. The van der Waals surface area contributed by atoms with E-state index < -0.39 is 123 Å². The van der Waals surface area contributed by atoms with Gasteiger partial charge in [0.1, 0.15) is 31.2 Å². The molecule has 0 saturated carbocycles. The van der Waals surface area contributed by atoms with Crippen LogP contribution in [0.2, 0.25) is 0 Å². The molecule has 2 heterocycles. The molecule has 4 rings (SSSR count). The summed E-state index contributed by atoms with van der Waals surface area (Å²) in [6.45, 7) is 5.02. The largest absolute Gasteiger partial charge is 0.550 e. The van der Waals surface area contributed by atoms with Crippen LogP contribution in [-0.4, -0.2) is 116 Å². The number of hydrogen-bond acceptors (Lipinski definition) is 19. The Hall–Kier alpha value is -6.18. The third-order valence-corrected chi connectivity index (χ3v) is 8.80. The van der Waals surface area contributed by atoms with Crippen molar-refractivity contribution in [2.45, 2.75) is 103 Å². The van der Waals surface area contributed by atoms with Crippen LogP contribution >= 0.6 is 0 Å². The minimum Gasteiger partial charge on any atom is -0.550 e. The first-order chi connectivity index (χ1) is 28.4. The number of carboxylic acids is 1. The van der Waals surface area contributed by atoms with Crippen LogP contribution in [0.3, 0.4) is 0 Å². The Bertz CT molecular complexity index is 1890. The molecule has 324 valence electrons. The van der Waals surface area contributed by atoms with E-state index in [0.29, 0.717) is 0 Å². The summed E-state index contributed by atoms with van der Waals surface area (Å²) < 4.78 is 57.0. The summed E-state index contributed by atoms with van der Waals surface area (Å²) in [5.41, 5.74) is 1.10. The number of benzene rings is 2. The van der Waals surface area contributed by atoms with Crippen molar-refractivity contribution in [3.63, 3.8) is 0 Å². The number of carboxylic acid groups (broad SMARTS) is 1. The molecule has 2 aliphatic heterocycles. The molecule has 2 aliphatic rings. The molecular weight excluding hydrogens is 796 g/mol. The number of aliphatic carboxylic acids is 1. The third kappa shape index (κ3) is 13.7. The zero-order valence-electron chi connectivity index (χ0n) is 33.5. The SMILES string of the molecule is CC(=O)OCC1OC(Oc2ccc(C(=O)C=Cc3ccccc3)cc2)C(OC(C)=O)C(CC(=O)[O-])C1OC1OC(COC(C)=O)C(OC(C)=O)C(OC(C)=O)C1OC(C)=O. The highest BCUT2D eigenvalue weighted by Crippen LogP contribution is 2.38. The van der Waals surface area contributed by atoms with E-state index in [1.807, 2.05) is 30.3 Å². The molecule has 2 saturated heterocycles. The predicted molar refractivity (Wildman–Crippen MR) is 198 cm³/mol. The predicted octanol–water partition coefficient (Wildman–Crippen LogP) is 1.41. The van der Waals surface area contributed by atoms with Crippen LogP contribution in [0, 0.1) is 5.92 Å². The van der Waals surface area contributed by atoms with E-state index in [0.717, 1.165) is 47.1 Å². The fourth-order valence-corrected chi connectivity index (χ4v) is 6.49. The fourth-order valence-electron chi connectivity index (χ4n) is 6.49. The average Bonchev–Trinajstić information content (AvgIpc) is 3.16. The van der Waals surface area contributed by atoms with Gasteiger partial charge in [-0.2, -0.15) is 0 Å². The molecule has 0 N–H and O–H groups in total. The van der Waals surface area contributed by atoms with Crippen LogP contribution < -0.4 is 9.84 Å². The lowest BCUT2D eigenvalue weighted by Crippen LogP contribution is -2.66. The maximum absolute atomic E-state index is 12.9. The van der Waals surface area contributed by atoms with Gasteiger partial charge in [-0.3, -0.25) is 33.6 Å². The summed E-state index contributed by atoms with van der Waals surface area (Å²) >= 11 is 0. The van der Waals surface area contributed by atoms with Gasteiger partial charge < -0.3 is 57.3 Å². The van der Waals surface area contributed by atoms with Gasteiger partial charge in [0.2, 0.25) is 6.29 Å². The van der Waals surface area contributed by atoms with E-state index >= 15 is 0 Å². The quantitative estimate of drug-likeness (QED) is 0.0944. The molecule has 0 aliphatic carbocycles. The summed E-state index contributed by atoms with van der Waals surface area (Å²) in [6.07, 6.45) is -12.5. The molecule has 2 fully saturated rings. The van der Waals surface area contributed by atoms with Crippen molar-refractivity contribution in [3.05, 3.63) is 71.8 Å². The van der Waals surface area contributed by atoms with Crippen molar-refractivity contribution in [3.8, 4) is 5.75 Å². The Kier molecular flexibility index (Phi) is 16.8. The average molecular weight is 842 g/mol. The van der Waals surface area contributed by atoms with E-state index in [1.54, 1.807) is 6.08 Å². The zero-order chi connectivity index (χ0) is 44.1. The van der Waals surface area contributed by atoms with Crippen molar-refractivity contribution in [1.29, 1.82) is 0 Å². The molecular formula is C41H45O19-. The molecule has 19 heteroatoms. The van der Waals surface area contributed by atoms with Gasteiger partial charge in [-0.05, 0) is 42.3 Å². The van der Waals surface area contributed by atoms with Gasteiger partial charge in [0, 0.05) is 59.0 Å². The van der Waals surface area contributed by atoms with Crippen LogP contribution in [0.25, 0.3) is 6.08 Å². The molecule has 2 aromatic carbocycles. The summed E-state index contributed by atoms with van der Waals surface area (Å²) in [4.78, 5) is 98.9. The van der Waals surface area contributed by atoms with Crippen LogP contribution in [0.4, 0.5) is 0 Å². The first kappa shape index (κ1) is 46.5. The molecule has 60 heavy (non-hydrogen) atoms. The number of carbonyl (C=O) groups is 8. The summed E-state index contributed by atoms with van der Waals surface area (Å²) in [7, 11) is 0. The van der Waals surface area contributed by atoms with E-state index in [1.165, 1.54) is 30.3 Å². The normalized spacial score (nSPS) is 26.2. The van der Waals surface area contributed by atoms with Crippen molar-refractivity contribution in [2.24, 2.45) is 5.92 Å². The van der Waals surface area contributed by atoms with Gasteiger partial charge >= 0.3 is 35.8 Å². The summed E-state index contributed by atoms with van der Waals surface area (Å²) in [5, 5.41) is 12.4. The molecule has 19 nitrogen and oxygen atoms in total. The van der Waals surface area contributed by atoms with E-state index in [2.05, 4.69) is 0 Å². The van der Waals surface area contributed by atoms with Gasteiger partial charge in [-0.1, -0.05) is 36.4 Å². The van der Waals surface area contributed by atoms with E-state index in [4.69, 9.17) is 47.4 Å².